The summed E-state index contributed by atoms with van der Waals surface area (Å²) in [7, 11) is 5.96. The number of aliphatic hydroxyl groups excluding tert-OH is 2. The van der Waals surface area contributed by atoms with Crippen molar-refractivity contribution in [2.75, 3.05) is 41.0 Å². The first-order chi connectivity index (χ1) is 23.6. The Morgan fingerprint density at radius 3 is 2.34 bits per heavy atom. The largest absolute Gasteiger partial charge is 0.394 e. The third kappa shape index (κ3) is 9.62. The molecule has 1 heterocycles. The van der Waals surface area contributed by atoms with Gasteiger partial charge in [-0.15, -0.1) is 0 Å². The molecule has 13 atom stereocenters. The molecule has 4 aliphatic carbocycles. The first kappa shape index (κ1) is 41.5. The molecule has 1 aliphatic heterocycles. The minimum atomic E-state index is -0.797. The lowest BCUT2D eigenvalue weighted by atomic mass is 9.45. The molecule has 10 heteroatoms. The van der Waals surface area contributed by atoms with Crippen LogP contribution in [0.3, 0.4) is 0 Å². The Bertz CT molecular complexity index is 1090. The number of rotatable bonds is 18. The van der Waals surface area contributed by atoms with Crippen LogP contribution in [-0.2, 0) is 19.2 Å². The summed E-state index contributed by atoms with van der Waals surface area (Å²) in [5.74, 6) is 2.52. The summed E-state index contributed by atoms with van der Waals surface area (Å²) in [6.45, 7) is 16.1. The van der Waals surface area contributed by atoms with Crippen LogP contribution in [0.5, 0.6) is 0 Å². The first-order valence-electron chi connectivity index (χ1n) is 20.1. The van der Waals surface area contributed by atoms with E-state index >= 15 is 0 Å². The van der Waals surface area contributed by atoms with Gasteiger partial charge in [-0.1, -0.05) is 54.4 Å². The van der Waals surface area contributed by atoms with E-state index in [9.17, 15) is 19.8 Å². The molecule has 50 heavy (non-hydrogen) atoms. The molecular weight excluding hydrogens is 632 g/mol. The maximum Gasteiger partial charge on any atom is 0.240 e. The van der Waals surface area contributed by atoms with Crippen LogP contribution >= 0.6 is 0 Å². The maximum atomic E-state index is 14.1. The van der Waals surface area contributed by atoms with E-state index in [1.54, 1.807) is 19.1 Å². The molecular formula is C40H74N4O6. The highest BCUT2D eigenvalue weighted by atomic mass is 16.7. The van der Waals surface area contributed by atoms with Gasteiger partial charge in [0.1, 0.15) is 12.1 Å². The number of amides is 2. The molecule has 2 amide bonds. The molecule has 0 aromatic heterocycles. The fourth-order valence-electron chi connectivity index (χ4n) is 10.6. The Labute approximate surface area is 304 Å². The van der Waals surface area contributed by atoms with Crippen molar-refractivity contribution in [2.24, 2.45) is 52.8 Å². The number of ether oxygens (including phenoxy) is 1. The van der Waals surface area contributed by atoms with Crippen molar-refractivity contribution in [3.8, 4) is 0 Å². The minimum Gasteiger partial charge on any atom is -0.394 e. The van der Waals surface area contributed by atoms with Gasteiger partial charge in [0.2, 0.25) is 11.8 Å². The number of hydrogen-bond acceptors (Lipinski definition) is 8. The van der Waals surface area contributed by atoms with E-state index in [1.165, 1.54) is 6.42 Å². The number of nitrogens with one attached hydrogen (secondary N) is 2. The molecule has 0 radical (unpaired) electrons. The highest BCUT2D eigenvalue weighted by molar-refractivity contribution is 5.83. The van der Waals surface area contributed by atoms with Crippen molar-refractivity contribution >= 4 is 11.8 Å². The lowest BCUT2D eigenvalue weighted by Crippen LogP contribution is -2.62. The molecule has 4 saturated carbocycles. The summed E-state index contributed by atoms with van der Waals surface area (Å²) >= 11 is 0. The van der Waals surface area contributed by atoms with Crippen molar-refractivity contribution in [1.29, 1.82) is 0 Å². The van der Waals surface area contributed by atoms with Crippen LogP contribution in [0, 0.1) is 52.8 Å². The lowest BCUT2D eigenvalue weighted by Gasteiger charge is -2.62. The van der Waals surface area contributed by atoms with Crippen molar-refractivity contribution in [3.63, 3.8) is 0 Å². The first-order valence-corrected chi connectivity index (χ1v) is 20.1. The van der Waals surface area contributed by atoms with Crippen LogP contribution in [0.1, 0.15) is 113 Å². The zero-order valence-corrected chi connectivity index (χ0v) is 33.2. The number of fused-ring (bicyclic) bond motifs is 2. The van der Waals surface area contributed by atoms with Crippen molar-refractivity contribution in [3.05, 3.63) is 0 Å². The number of nitrogens with zero attached hydrogens (tertiary/aromatic N) is 2. The number of aliphatic hydroxyl groups is 2. The molecule has 5 rings (SSSR count). The average Bonchev–Trinajstić information content (AvgIpc) is 3.43. The third-order valence-corrected chi connectivity index (χ3v) is 13.6. The number of hydroxylamine groups is 2. The smallest absolute Gasteiger partial charge is 0.240 e. The second-order valence-electron chi connectivity index (χ2n) is 18.1. The molecule has 2 bridgehead atoms. The average molecular weight is 707 g/mol. The van der Waals surface area contributed by atoms with Crippen molar-refractivity contribution in [2.45, 2.75) is 149 Å². The van der Waals surface area contributed by atoms with Crippen LogP contribution < -0.4 is 10.6 Å². The predicted molar refractivity (Wildman–Crippen MR) is 198 cm³/mol. The van der Waals surface area contributed by atoms with Gasteiger partial charge in [0.15, 0.2) is 0 Å². The lowest BCUT2D eigenvalue weighted by molar-refractivity contribution is -0.178. The van der Waals surface area contributed by atoms with Gasteiger partial charge in [-0.25, -0.2) is 0 Å². The van der Waals surface area contributed by atoms with E-state index in [0.717, 1.165) is 57.8 Å². The van der Waals surface area contributed by atoms with Gasteiger partial charge >= 0.3 is 0 Å². The minimum absolute atomic E-state index is 0.0230. The zero-order valence-electron chi connectivity index (χ0n) is 33.2. The molecule has 5 fully saturated rings. The van der Waals surface area contributed by atoms with Gasteiger partial charge in [0.05, 0.1) is 25.4 Å². The van der Waals surface area contributed by atoms with Gasteiger partial charge in [0.25, 0.3) is 0 Å². The highest BCUT2D eigenvalue weighted by Crippen LogP contribution is 2.61. The Hall–Kier alpha value is -1.30. The third-order valence-electron chi connectivity index (χ3n) is 13.6. The van der Waals surface area contributed by atoms with E-state index in [1.807, 2.05) is 0 Å². The molecule has 290 valence electrons. The van der Waals surface area contributed by atoms with Gasteiger partial charge in [-0.3, -0.25) is 14.4 Å². The van der Waals surface area contributed by atoms with Crippen molar-refractivity contribution < 1.29 is 29.4 Å². The topological polar surface area (TPSA) is 124 Å². The summed E-state index contributed by atoms with van der Waals surface area (Å²) < 4.78 is 5.45. The SMILES string of the molecule is CCCC(CCCN1O[C@@H](CO)[C@@H]([C@H](C)O)[C@H]1C(=O)N[C@H]1C[C@H]2C[C@@H]([C@@H]1C)C2(C)C)C1CC(C(=O)N[C@@H](COC)CC(C)C)CC(N(C)C)C1. The van der Waals surface area contributed by atoms with Crippen LogP contribution in [0.2, 0.25) is 0 Å². The van der Waals surface area contributed by atoms with E-state index < -0.39 is 24.2 Å². The quantitative estimate of drug-likeness (QED) is 0.159. The second-order valence-corrected chi connectivity index (χ2v) is 18.1. The number of carbonyl (C=O) groups is 2. The van der Waals surface area contributed by atoms with E-state index in [0.29, 0.717) is 60.1 Å². The molecule has 0 spiro atoms. The summed E-state index contributed by atoms with van der Waals surface area (Å²) in [5, 5.41) is 29.6. The molecule has 0 aromatic carbocycles. The highest BCUT2D eigenvalue weighted by Gasteiger charge is 2.57. The predicted octanol–water partition coefficient (Wildman–Crippen LogP) is 4.87. The monoisotopic (exact) mass is 707 g/mol. The second kappa shape index (κ2) is 18.2. The zero-order chi connectivity index (χ0) is 36.9. The van der Waals surface area contributed by atoms with Crippen LogP contribution in [0.15, 0.2) is 0 Å². The Morgan fingerprint density at radius 2 is 1.78 bits per heavy atom. The molecule has 5 aliphatic rings. The molecule has 4 N–H and O–H groups in total. The molecule has 10 nitrogen and oxygen atoms in total. The Kier molecular flexibility index (Phi) is 15.1. The number of methoxy groups -OCH3 is 1. The summed E-state index contributed by atoms with van der Waals surface area (Å²) in [5.41, 5.74) is 0.331. The van der Waals surface area contributed by atoms with Crippen LogP contribution in [0.4, 0.5) is 0 Å². The van der Waals surface area contributed by atoms with Crippen molar-refractivity contribution in [1.82, 2.24) is 20.6 Å². The maximum absolute atomic E-state index is 14.1. The van der Waals surface area contributed by atoms with Gasteiger partial charge < -0.3 is 30.5 Å². The van der Waals surface area contributed by atoms with Gasteiger partial charge in [0, 0.05) is 37.6 Å². The molecule has 1 saturated heterocycles. The summed E-state index contributed by atoms with van der Waals surface area (Å²) in [4.78, 5) is 36.3. The normalized spacial score (nSPS) is 35.8. The van der Waals surface area contributed by atoms with E-state index in [-0.39, 0.29) is 36.4 Å². The fraction of sp³-hybridized carbons (Fsp3) is 0.950. The standard InChI is InChI=1S/C40H74N4O6/c1-11-13-27(28-17-29(19-32(18-28)43(8)9)38(47)41-31(23-49-10)16-24(2)3)14-12-15-44-37(36(26(5)46)35(22-45)50-44)39(48)42-34-21-30-20-33(25(34)4)40(30,6)7/h24-37,45-46H,11-23H2,1-10H3,(H,41,47)(H,42,48)/t25-,26-,27?,28?,29?,30+,31+,32?,33-,34-,35-,36+,37-/m0/s1. The van der Waals surface area contributed by atoms with E-state index in [4.69, 9.17) is 9.57 Å². The van der Waals surface area contributed by atoms with Gasteiger partial charge in [-0.05, 0) is 113 Å². The van der Waals surface area contributed by atoms with Gasteiger partial charge in [-0.2, -0.15) is 5.06 Å². The summed E-state index contributed by atoms with van der Waals surface area (Å²) in [6, 6.07) is -0.161. The Balaban J connectivity index is 1.42. The number of carbonyl (C=O) groups excluding carboxylic acids is 2. The van der Waals surface area contributed by atoms with Crippen LogP contribution in [-0.4, -0.2) is 109 Å². The summed E-state index contributed by atoms with van der Waals surface area (Å²) in [6.07, 6.45) is 8.54. The number of hydrogen-bond donors (Lipinski definition) is 4. The molecule has 4 unspecified atom stereocenters. The van der Waals surface area contributed by atoms with Crippen LogP contribution in [0.25, 0.3) is 0 Å². The Morgan fingerprint density at radius 1 is 1.06 bits per heavy atom. The van der Waals surface area contributed by atoms with E-state index in [2.05, 4.69) is 71.2 Å². The molecule has 0 aromatic rings. The fourth-order valence-corrected chi connectivity index (χ4v) is 10.6.